The number of fused-ring (bicyclic) bond motifs is 5. The van der Waals surface area contributed by atoms with E-state index in [4.69, 9.17) is 0 Å². The Morgan fingerprint density at radius 2 is 1.47 bits per heavy atom. The number of amides is 2. The molecule has 2 bridgehead atoms. The molecule has 3 heterocycles. The molecule has 5 rings (SSSR count). The third kappa shape index (κ3) is 3.49. The van der Waals surface area contributed by atoms with Crippen LogP contribution < -0.4 is 4.90 Å². The molecular formula is C28H29IN2O3. The van der Waals surface area contributed by atoms with Crippen LogP contribution in [0.3, 0.4) is 0 Å². The van der Waals surface area contributed by atoms with Crippen LogP contribution in [0.15, 0.2) is 54.6 Å². The Morgan fingerprint density at radius 1 is 0.853 bits per heavy atom. The van der Waals surface area contributed by atoms with Gasteiger partial charge in [-0.3, -0.25) is 19.3 Å². The second-order valence-corrected chi connectivity index (χ2v) is 11.3. The van der Waals surface area contributed by atoms with Gasteiger partial charge in [0.05, 0.1) is 23.6 Å². The number of rotatable bonds is 5. The number of nitrogens with zero attached hydrogens (tertiary/aromatic N) is 2. The van der Waals surface area contributed by atoms with Gasteiger partial charge in [0.2, 0.25) is 11.8 Å². The molecule has 2 aromatic carbocycles. The van der Waals surface area contributed by atoms with Crippen molar-refractivity contribution in [2.24, 2.45) is 11.8 Å². The highest BCUT2D eigenvalue weighted by Gasteiger charge is 2.64. The van der Waals surface area contributed by atoms with Gasteiger partial charge in [0.25, 0.3) is 0 Å². The normalized spacial score (nSPS) is 26.3. The Hall–Kier alpha value is -2.32. The van der Waals surface area contributed by atoms with E-state index in [2.05, 4.69) is 55.2 Å². The minimum atomic E-state index is -0.651. The van der Waals surface area contributed by atoms with Gasteiger partial charge in [-0.25, -0.2) is 4.90 Å². The summed E-state index contributed by atoms with van der Waals surface area (Å²) in [7, 11) is 0. The number of para-hydroxylation sites is 1. The molecule has 6 heteroatoms. The lowest BCUT2D eigenvalue weighted by atomic mass is 9.90. The van der Waals surface area contributed by atoms with Crippen LogP contribution in [0.25, 0.3) is 0 Å². The van der Waals surface area contributed by atoms with Crippen LogP contribution in [0.4, 0.5) is 5.69 Å². The molecule has 2 aromatic rings. The number of hydrogen-bond acceptors (Lipinski definition) is 4. The van der Waals surface area contributed by atoms with E-state index in [0.717, 1.165) is 25.9 Å². The highest BCUT2D eigenvalue weighted by atomic mass is 127. The Morgan fingerprint density at radius 3 is 2.09 bits per heavy atom. The van der Waals surface area contributed by atoms with Crippen LogP contribution in [0, 0.1) is 15.4 Å². The van der Waals surface area contributed by atoms with E-state index in [1.54, 1.807) is 6.08 Å². The van der Waals surface area contributed by atoms with Crippen molar-refractivity contribution in [1.82, 2.24) is 4.90 Å². The second-order valence-electron chi connectivity index (χ2n) is 10.1. The van der Waals surface area contributed by atoms with Gasteiger partial charge in [-0.15, -0.1) is 0 Å². The summed E-state index contributed by atoms with van der Waals surface area (Å²) in [6.45, 7) is 8.87. The molecular weight excluding hydrogens is 539 g/mol. The van der Waals surface area contributed by atoms with E-state index in [9.17, 15) is 14.4 Å². The largest absolute Gasteiger partial charge is 0.293 e. The summed E-state index contributed by atoms with van der Waals surface area (Å²) >= 11 is 2.30. The predicted molar refractivity (Wildman–Crippen MR) is 141 cm³/mol. The SMILES string of the molecule is CC(C)c1cccc(C(C)C)c1N1C(=O)[C@@H]2[C@H](C1=O)[C@H]1C(=O)C=C[C@@H]2N1Cc1ccccc1I. The quantitative estimate of drug-likeness (QED) is 0.375. The summed E-state index contributed by atoms with van der Waals surface area (Å²) in [4.78, 5) is 44.6. The Bertz CT molecular complexity index is 1190. The van der Waals surface area contributed by atoms with Crippen LogP contribution >= 0.6 is 22.6 Å². The van der Waals surface area contributed by atoms with Gasteiger partial charge in [0, 0.05) is 16.2 Å². The van der Waals surface area contributed by atoms with Crippen molar-refractivity contribution >= 4 is 45.9 Å². The Labute approximate surface area is 214 Å². The highest BCUT2D eigenvalue weighted by Crippen LogP contribution is 2.49. The molecule has 0 radical (unpaired) electrons. The first-order chi connectivity index (χ1) is 16.2. The lowest BCUT2D eigenvalue weighted by Crippen LogP contribution is -2.49. The number of imide groups is 1. The van der Waals surface area contributed by atoms with Crippen LogP contribution in [0.5, 0.6) is 0 Å². The molecule has 4 atom stereocenters. The molecule has 0 aromatic heterocycles. The zero-order valence-electron chi connectivity index (χ0n) is 19.9. The number of carbonyl (C=O) groups is 3. The van der Waals surface area contributed by atoms with Crippen molar-refractivity contribution in [3.63, 3.8) is 0 Å². The topological polar surface area (TPSA) is 57.7 Å². The number of anilines is 1. The summed E-state index contributed by atoms with van der Waals surface area (Å²) < 4.78 is 1.11. The summed E-state index contributed by atoms with van der Waals surface area (Å²) in [5, 5.41) is 0. The number of benzene rings is 2. The fourth-order valence-corrected chi connectivity index (χ4v) is 6.44. The van der Waals surface area contributed by atoms with Gasteiger partial charge in [-0.05, 0) is 63.3 Å². The van der Waals surface area contributed by atoms with E-state index in [0.29, 0.717) is 6.54 Å². The molecule has 0 aliphatic carbocycles. The summed E-state index contributed by atoms with van der Waals surface area (Å²) in [6, 6.07) is 13.2. The maximum absolute atomic E-state index is 14.0. The van der Waals surface area contributed by atoms with Gasteiger partial charge < -0.3 is 0 Å². The number of ketones is 1. The fourth-order valence-electron chi connectivity index (χ4n) is 5.88. The van der Waals surface area contributed by atoms with E-state index >= 15 is 0 Å². The summed E-state index contributed by atoms with van der Waals surface area (Å²) in [6.07, 6.45) is 3.41. The van der Waals surface area contributed by atoms with Crippen molar-refractivity contribution < 1.29 is 14.4 Å². The third-order valence-electron chi connectivity index (χ3n) is 7.47. The standard InChI is InChI=1S/C28H29IN2O3/c1-15(2)18-9-7-10-19(16(3)4)25(18)31-27(33)23-21-12-13-22(32)26(24(23)28(31)34)30(21)14-17-8-5-6-11-20(17)29/h5-13,15-16,21,23-24,26H,14H2,1-4H3/t21-,23-,24-,26+/m0/s1. The maximum Gasteiger partial charge on any atom is 0.239 e. The van der Waals surface area contributed by atoms with Gasteiger partial charge >= 0.3 is 0 Å². The molecule has 2 amide bonds. The minimum Gasteiger partial charge on any atom is -0.293 e. The molecule has 2 fully saturated rings. The summed E-state index contributed by atoms with van der Waals surface area (Å²) in [5.74, 6) is -1.37. The first kappa shape index (κ1) is 23.4. The zero-order valence-corrected chi connectivity index (χ0v) is 22.0. The molecule has 3 aliphatic heterocycles. The van der Waals surface area contributed by atoms with Crippen molar-refractivity contribution in [3.05, 3.63) is 74.9 Å². The van der Waals surface area contributed by atoms with Gasteiger partial charge in [0.1, 0.15) is 0 Å². The fraction of sp³-hybridized carbons (Fsp3) is 0.393. The predicted octanol–water partition coefficient (Wildman–Crippen LogP) is 5.04. The summed E-state index contributed by atoms with van der Waals surface area (Å²) in [5.41, 5.74) is 3.83. The van der Waals surface area contributed by atoms with Crippen molar-refractivity contribution in [1.29, 1.82) is 0 Å². The first-order valence-corrected chi connectivity index (χ1v) is 13.0. The van der Waals surface area contributed by atoms with Crippen LogP contribution in [0.2, 0.25) is 0 Å². The first-order valence-electron chi connectivity index (χ1n) is 11.9. The molecule has 0 unspecified atom stereocenters. The van der Waals surface area contributed by atoms with Gasteiger partial charge in [-0.1, -0.05) is 70.2 Å². The number of carbonyl (C=O) groups excluding carboxylic acids is 3. The highest BCUT2D eigenvalue weighted by molar-refractivity contribution is 14.1. The molecule has 34 heavy (non-hydrogen) atoms. The van der Waals surface area contributed by atoms with Crippen molar-refractivity contribution in [2.75, 3.05) is 4.90 Å². The van der Waals surface area contributed by atoms with Gasteiger partial charge in [-0.2, -0.15) is 0 Å². The van der Waals surface area contributed by atoms with E-state index < -0.39 is 17.9 Å². The number of halogens is 1. The van der Waals surface area contributed by atoms with E-state index in [-0.39, 0.29) is 35.5 Å². The Kier molecular flexibility index (Phi) is 6.01. The van der Waals surface area contributed by atoms with E-state index in [1.807, 2.05) is 48.5 Å². The number of hydrogen-bond donors (Lipinski definition) is 0. The van der Waals surface area contributed by atoms with Crippen molar-refractivity contribution in [2.45, 2.75) is 58.2 Å². The third-order valence-corrected chi connectivity index (χ3v) is 8.52. The van der Waals surface area contributed by atoms with Gasteiger partial charge in [0.15, 0.2) is 5.78 Å². The molecule has 0 N–H and O–H groups in total. The molecule has 176 valence electrons. The molecule has 0 saturated carbocycles. The molecule has 2 saturated heterocycles. The average Bonchev–Trinajstić information content (AvgIpc) is 3.18. The lowest BCUT2D eigenvalue weighted by Gasteiger charge is -2.34. The minimum absolute atomic E-state index is 0.0843. The second kappa shape index (κ2) is 8.72. The van der Waals surface area contributed by atoms with E-state index in [1.165, 1.54) is 4.90 Å². The molecule has 0 spiro atoms. The van der Waals surface area contributed by atoms with Crippen molar-refractivity contribution in [3.8, 4) is 0 Å². The van der Waals surface area contributed by atoms with Crippen LogP contribution in [-0.2, 0) is 20.9 Å². The monoisotopic (exact) mass is 568 g/mol. The Balaban J connectivity index is 1.58. The smallest absolute Gasteiger partial charge is 0.239 e. The lowest BCUT2D eigenvalue weighted by molar-refractivity contribution is -0.129. The van der Waals surface area contributed by atoms with Crippen LogP contribution in [0.1, 0.15) is 56.2 Å². The molecule has 5 nitrogen and oxygen atoms in total. The maximum atomic E-state index is 14.0. The zero-order chi connectivity index (χ0) is 24.3. The molecule has 3 aliphatic rings. The average molecular weight is 568 g/mol. The van der Waals surface area contributed by atoms with Crippen LogP contribution in [-0.4, -0.2) is 34.6 Å².